The average molecular weight is 246 g/mol. The standard InChI is InChI=1S/C16H22O2/c1-5-12(3)15(17)16(18,13(4)6-2)14-10-8-7-9-11-14/h5-13,15,17-18H,1-2H2,3-4H3. The lowest BCUT2D eigenvalue weighted by atomic mass is 9.74. The van der Waals surface area contributed by atoms with Gasteiger partial charge in [0, 0.05) is 11.8 Å². The number of aliphatic hydroxyl groups is 2. The van der Waals surface area contributed by atoms with Crippen molar-refractivity contribution in [2.75, 3.05) is 0 Å². The van der Waals surface area contributed by atoms with Gasteiger partial charge in [0.2, 0.25) is 0 Å². The minimum Gasteiger partial charge on any atom is -0.389 e. The fourth-order valence-corrected chi connectivity index (χ4v) is 2.12. The summed E-state index contributed by atoms with van der Waals surface area (Å²) in [7, 11) is 0. The van der Waals surface area contributed by atoms with Gasteiger partial charge in [-0.25, -0.2) is 0 Å². The van der Waals surface area contributed by atoms with Crippen LogP contribution in [-0.2, 0) is 5.60 Å². The van der Waals surface area contributed by atoms with Crippen molar-refractivity contribution < 1.29 is 10.2 Å². The van der Waals surface area contributed by atoms with Crippen molar-refractivity contribution in [1.29, 1.82) is 0 Å². The van der Waals surface area contributed by atoms with E-state index >= 15 is 0 Å². The minimum atomic E-state index is -1.35. The highest BCUT2D eigenvalue weighted by atomic mass is 16.3. The molecule has 0 saturated heterocycles. The number of benzene rings is 1. The van der Waals surface area contributed by atoms with Crippen LogP contribution < -0.4 is 0 Å². The lowest BCUT2D eigenvalue weighted by molar-refractivity contribution is -0.118. The highest BCUT2D eigenvalue weighted by molar-refractivity contribution is 5.26. The number of hydrogen-bond donors (Lipinski definition) is 2. The molecule has 2 nitrogen and oxygen atoms in total. The van der Waals surface area contributed by atoms with Gasteiger partial charge in [-0.1, -0.05) is 56.3 Å². The number of hydrogen-bond acceptors (Lipinski definition) is 2. The van der Waals surface area contributed by atoms with E-state index in [0.717, 1.165) is 0 Å². The molecule has 2 N–H and O–H groups in total. The molecule has 0 aromatic heterocycles. The maximum atomic E-state index is 11.0. The van der Waals surface area contributed by atoms with Crippen LogP contribution in [-0.4, -0.2) is 16.3 Å². The summed E-state index contributed by atoms with van der Waals surface area (Å²) in [5.41, 5.74) is -0.657. The van der Waals surface area contributed by atoms with Crippen LogP contribution in [0.1, 0.15) is 19.4 Å². The van der Waals surface area contributed by atoms with Crippen molar-refractivity contribution in [1.82, 2.24) is 0 Å². The smallest absolute Gasteiger partial charge is 0.122 e. The van der Waals surface area contributed by atoms with Crippen molar-refractivity contribution in [3.05, 3.63) is 61.2 Å². The first-order valence-electron chi connectivity index (χ1n) is 6.19. The third-order valence-electron chi connectivity index (χ3n) is 3.60. The van der Waals surface area contributed by atoms with Crippen molar-refractivity contribution in [3.63, 3.8) is 0 Å². The van der Waals surface area contributed by atoms with Gasteiger partial charge in [0.05, 0.1) is 6.10 Å². The Labute approximate surface area is 109 Å². The first-order chi connectivity index (χ1) is 8.48. The van der Waals surface area contributed by atoms with E-state index in [4.69, 9.17) is 0 Å². The summed E-state index contributed by atoms with van der Waals surface area (Å²) in [4.78, 5) is 0. The van der Waals surface area contributed by atoms with E-state index in [0.29, 0.717) is 5.56 Å². The second-order valence-corrected chi connectivity index (χ2v) is 4.76. The van der Waals surface area contributed by atoms with Gasteiger partial charge < -0.3 is 10.2 Å². The molecule has 18 heavy (non-hydrogen) atoms. The Morgan fingerprint density at radius 2 is 1.67 bits per heavy atom. The zero-order valence-electron chi connectivity index (χ0n) is 11.1. The molecule has 1 aromatic rings. The molecule has 0 radical (unpaired) electrons. The van der Waals surface area contributed by atoms with E-state index in [1.165, 1.54) is 0 Å². The molecule has 0 aliphatic carbocycles. The minimum absolute atomic E-state index is 0.211. The molecule has 1 aromatic carbocycles. The fraction of sp³-hybridized carbons (Fsp3) is 0.375. The zero-order chi connectivity index (χ0) is 13.8. The molecule has 2 heteroatoms. The van der Waals surface area contributed by atoms with Crippen LogP contribution in [0.4, 0.5) is 0 Å². The average Bonchev–Trinajstić information content (AvgIpc) is 2.44. The van der Waals surface area contributed by atoms with Gasteiger partial charge in [0.15, 0.2) is 0 Å². The Bertz CT molecular complexity index is 399. The SMILES string of the molecule is C=CC(C)C(O)C(O)(c1ccccc1)C(C)C=C. The molecule has 0 fully saturated rings. The Balaban J connectivity index is 3.27. The highest BCUT2D eigenvalue weighted by Crippen LogP contribution is 2.37. The predicted octanol–water partition coefficient (Wildman–Crippen LogP) is 2.88. The zero-order valence-corrected chi connectivity index (χ0v) is 11.1. The Kier molecular flexibility index (Phi) is 4.88. The van der Waals surface area contributed by atoms with E-state index in [-0.39, 0.29) is 11.8 Å². The van der Waals surface area contributed by atoms with Crippen LogP contribution in [0.2, 0.25) is 0 Å². The first-order valence-corrected chi connectivity index (χ1v) is 6.19. The molecule has 0 aliphatic heterocycles. The summed E-state index contributed by atoms with van der Waals surface area (Å²) in [6, 6.07) is 9.21. The third kappa shape index (κ3) is 2.55. The Hall–Kier alpha value is -1.38. The van der Waals surface area contributed by atoms with Gasteiger partial charge >= 0.3 is 0 Å². The first kappa shape index (κ1) is 14.7. The van der Waals surface area contributed by atoms with E-state index < -0.39 is 11.7 Å². The largest absolute Gasteiger partial charge is 0.389 e. The van der Waals surface area contributed by atoms with E-state index in [2.05, 4.69) is 13.2 Å². The molecule has 0 spiro atoms. The summed E-state index contributed by atoms with van der Waals surface area (Å²) in [6.07, 6.45) is 2.38. The summed E-state index contributed by atoms with van der Waals surface area (Å²) >= 11 is 0. The monoisotopic (exact) mass is 246 g/mol. The Morgan fingerprint density at radius 3 is 2.11 bits per heavy atom. The fourth-order valence-electron chi connectivity index (χ4n) is 2.12. The van der Waals surface area contributed by atoms with Crippen molar-refractivity contribution in [2.24, 2.45) is 11.8 Å². The van der Waals surface area contributed by atoms with Crippen molar-refractivity contribution in [3.8, 4) is 0 Å². The van der Waals surface area contributed by atoms with Gasteiger partial charge in [-0.15, -0.1) is 13.2 Å². The van der Waals surface area contributed by atoms with Gasteiger partial charge in [-0.3, -0.25) is 0 Å². The van der Waals surface area contributed by atoms with Crippen LogP contribution in [0.5, 0.6) is 0 Å². The van der Waals surface area contributed by atoms with E-state index in [1.54, 1.807) is 12.2 Å². The normalized spacial score (nSPS) is 19.3. The van der Waals surface area contributed by atoms with Crippen LogP contribution >= 0.6 is 0 Å². The molecule has 4 atom stereocenters. The second-order valence-electron chi connectivity index (χ2n) is 4.76. The summed E-state index contributed by atoms with van der Waals surface area (Å²) in [5, 5.41) is 21.4. The molecule has 98 valence electrons. The lowest BCUT2D eigenvalue weighted by Crippen LogP contribution is -2.47. The number of rotatable bonds is 6. The summed E-state index contributed by atoms with van der Waals surface area (Å²) < 4.78 is 0. The molecular weight excluding hydrogens is 224 g/mol. The van der Waals surface area contributed by atoms with Gasteiger partial charge in [-0.05, 0) is 5.56 Å². The molecule has 0 saturated carbocycles. The van der Waals surface area contributed by atoms with Crippen molar-refractivity contribution in [2.45, 2.75) is 25.6 Å². The number of aliphatic hydroxyl groups excluding tert-OH is 1. The summed E-state index contributed by atoms with van der Waals surface area (Å²) in [5.74, 6) is -0.477. The maximum absolute atomic E-state index is 11.0. The van der Waals surface area contributed by atoms with Crippen LogP contribution in [0.25, 0.3) is 0 Å². The molecule has 0 aliphatic rings. The quantitative estimate of drug-likeness (QED) is 0.758. The highest BCUT2D eigenvalue weighted by Gasteiger charge is 2.43. The van der Waals surface area contributed by atoms with E-state index in [1.807, 2.05) is 44.2 Å². The lowest BCUT2D eigenvalue weighted by Gasteiger charge is -2.39. The van der Waals surface area contributed by atoms with Gasteiger partial charge in [0.25, 0.3) is 0 Å². The van der Waals surface area contributed by atoms with Gasteiger partial charge in [0.1, 0.15) is 5.60 Å². The van der Waals surface area contributed by atoms with Crippen LogP contribution in [0.15, 0.2) is 55.6 Å². The Morgan fingerprint density at radius 1 is 1.11 bits per heavy atom. The van der Waals surface area contributed by atoms with E-state index in [9.17, 15) is 10.2 Å². The summed E-state index contributed by atoms with van der Waals surface area (Å²) in [6.45, 7) is 11.1. The molecule has 0 bridgehead atoms. The maximum Gasteiger partial charge on any atom is 0.122 e. The van der Waals surface area contributed by atoms with Gasteiger partial charge in [-0.2, -0.15) is 0 Å². The molecule has 1 rings (SSSR count). The molecule has 4 unspecified atom stereocenters. The van der Waals surface area contributed by atoms with Crippen molar-refractivity contribution >= 4 is 0 Å². The van der Waals surface area contributed by atoms with Crippen LogP contribution in [0.3, 0.4) is 0 Å². The molecular formula is C16H22O2. The molecule has 0 heterocycles. The van der Waals surface area contributed by atoms with Crippen LogP contribution in [0, 0.1) is 11.8 Å². The second kappa shape index (κ2) is 5.98. The topological polar surface area (TPSA) is 40.5 Å². The predicted molar refractivity (Wildman–Crippen MR) is 75.1 cm³/mol. The third-order valence-corrected chi connectivity index (χ3v) is 3.60. The molecule has 0 amide bonds.